The number of carbonyl (C=O) groups is 3. The molecule has 2 amide bonds. The number of carbonyl (C=O) groups excluding carboxylic acids is 2. The molecule has 3 aromatic rings. The summed E-state index contributed by atoms with van der Waals surface area (Å²) in [6, 6.07) is 12.8. The number of rotatable bonds is 14. The van der Waals surface area contributed by atoms with Crippen LogP contribution in [0.5, 0.6) is 0 Å². The summed E-state index contributed by atoms with van der Waals surface area (Å²) in [5.41, 5.74) is 8.86. The van der Waals surface area contributed by atoms with Crippen LogP contribution in [0.1, 0.15) is 84.6 Å². The van der Waals surface area contributed by atoms with E-state index in [1.165, 1.54) is 31.7 Å². The van der Waals surface area contributed by atoms with Crippen molar-refractivity contribution in [1.29, 1.82) is 0 Å². The van der Waals surface area contributed by atoms with Gasteiger partial charge in [-0.05, 0) is 55.0 Å². The third kappa shape index (κ3) is 10.2. The summed E-state index contributed by atoms with van der Waals surface area (Å²) in [6.45, 7) is 3.19. The number of hydrogen-bond acceptors (Lipinski definition) is 5. The summed E-state index contributed by atoms with van der Waals surface area (Å²) >= 11 is 12.2. The predicted molar refractivity (Wildman–Crippen MR) is 188 cm³/mol. The standard InChI is InChI=1S/C35H42Cl2N6O4/c1-2-3-9-18-43(30-13-8-7-12-26(30)32(44)40-20-24-10-5-4-6-11-24)35(38)42-29(34(46)47)19-23-14-16-25(17-15-23)41-33(45)31-27(36)21-39-22-28(31)37/h7-8,12-17,21-22,24,29H,2-6,9-11,18-20H2,1H3,(H2,38,42)(H,40,44)(H,41,45)(H,46,47)/t29-/m0/s1. The van der Waals surface area contributed by atoms with Crippen LogP contribution in [0.25, 0.3) is 0 Å². The van der Waals surface area contributed by atoms with Gasteiger partial charge in [0.05, 0.1) is 26.9 Å². The molecule has 0 saturated heterocycles. The molecule has 0 spiro atoms. The summed E-state index contributed by atoms with van der Waals surface area (Å²) in [7, 11) is 0. The quantitative estimate of drug-likeness (QED) is 0.0817. The van der Waals surface area contributed by atoms with Gasteiger partial charge in [0.2, 0.25) is 0 Å². The molecule has 1 aliphatic rings. The van der Waals surface area contributed by atoms with Crippen LogP contribution in [-0.4, -0.2) is 53.0 Å². The van der Waals surface area contributed by atoms with E-state index in [-0.39, 0.29) is 33.9 Å². The normalized spacial score (nSPS) is 14.3. The minimum absolute atomic E-state index is 0.0241. The van der Waals surface area contributed by atoms with Crippen LogP contribution in [0.15, 0.2) is 65.9 Å². The second-order valence-corrected chi connectivity index (χ2v) is 12.6. The Balaban J connectivity index is 1.51. The number of para-hydroxylation sites is 1. The molecule has 10 nitrogen and oxygen atoms in total. The Bertz CT molecular complexity index is 1540. The Morgan fingerprint density at radius 3 is 2.34 bits per heavy atom. The van der Waals surface area contributed by atoms with Gasteiger partial charge in [-0.25, -0.2) is 9.79 Å². The van der Waals surface area contributed by atoms with E-state index in [0.29, 0.717) is 41.5 Å². The molecule has 0 bridgehead atoms. The summed E-state index contributed by atoms with van der Waals surface area (Å²) in [6.07, 6.45) is 11.3. The number of amides is 2. The number of carboxylic acids is 1. The van der Waals surface area contributed by atoms with Crippen molar-refractivity contribution in [3.8, 4) is 0 Å². The number of unbranched alkanes of at least 4 members (excludes halogenated alkanes) is 2. The van der Waals surface area contributed by atoms with E-state index in [9.17, 15) is 19.5 Å². The van der Waals surface area contributed by atoms with Crippen LogP contribution in [-0.2, 0) is 11.2 Å². The fourth-order valence-corrected chi connectivity index (χ4v) is 6.23. The number of nitrogens with zero attached hydrogens (tertiary/aromatic N) is 3. The fourth-order valence-electron chi connectivity index (χ4n) is 5.69. The lowest BCUT2D eigenvalue weighted by atomic mass is 9.89. The van der Waals surface area contributed by atoms with Crippen molar-refractivity contribution in [3.63, 3.8) is 0 Å². The lowest BCUT2D eigenvalue weighted by Crippen LogP contribution is -2.42. The molecule has 0 unspecified atom stereocenters. The Morgan fingerprint density at radius 1 is 1.00 bits per heavy atom. The second kappa shape index (κ2) is 17.7. The number of hydrogen-bond donors (Lipinski definition) is 4. The highest BCUT2D eigenvalue weighted by Gasteiger charge is 2.24. The van der Waals surface area contributed by atoms with Gasteiger partial charge in [-0.15, -0.1) is 0 Å². The molecule has 12 heteroatoms. The average Bonchev–Trinajstić information content (AvgIpc) is 3.06. The number of aromatic nitrogens is 1. The van der Waals surface area contributed by atoms with Gasteiger partial charge in [-0.2, -0.15) is 0 Å². The molecular weight excluding hydrogens is 639 g/mol. The Hall–Kier alpha value is -4.15. The molecule has 1 fully saturated rings. The molecule has 47 heavy (non-hydrogen) atoms. The number of aliphatic carboxylic acids is 1. The molecule has 2 aromatic carbocycles. The first-order valence-corrected chi connectivity index (χ1v) is 16.8. The van der Waals surface area contributed by atoms with E-state index in [2.05, 4.69) is 27.5 Å². The van der Waals surface area contributed by atoms with Gasteiger partial charge in [0, 0.05) is 37.6 Å². The monoisotopic (exact) mass is 680 g/mol. The molecule has 4 rings (SSSR count). The van der Waals surface area contributed by atoms with Crippen molar-refractivity contribution < 1.29 is 19.5 Å². The maximum absolute atomic E-state index is 13.4. The highest BCUT2D eigenvalue weighted by atomic mass is 35.5. The number of nitrogens with two attached hydrogens (primary N) is 1. The smallest absolute Gasteiger partial charge is 0.328 e. The van der Waals surface area contributed by atoms with E-state index in [4.69, 9.17) is 28.9 Å². The zero-order valence-corrected chi connectivity index (χ0v) is 28.1. The van der Waals surface area contributed by atoms with Crippen molar-refractivity contribution >= 4 is 58.3 Å². The molecule has 5 N–H and O–H groups in total. The van der Waals surface area contributed by atoms with Gasteiger partial charge in [-0.3, -0.25) is 14.6 Å². The minimum atomic E-state index is -1.19. The molecule has 1 heterocycles. The van der Waals surface area contributed by atoms with Gasteiger partial charge in [0.1, 0.15) is 0 Å². The van der Waals surface area contributed by atoms with Gasteiger partial charge >= 0.3 is 5.97 Å². The van der Waals surface area contributed by atoms with Gasteiger partial charge in [0.15, 0.2) is 12.0 Å². The lowest BCUT2D eigenvalue weighted by Gasteiger charge is -2.27. The van der Waals surface area contributed by atoms with E-state index in [1.807, 2.05) is 18.2 Å². The zero-order valence-electron chi connectivity index (χ0n) is 26.6. The van der Waals surface area contributed by atoms with Crippen LogP contribution in [0.4, 0.5) is 11.4 Å². The number of nitrogens with one attached hydrogen (secondary N) is 2. The van der Waals surface area contributed by atoms with Crippen LogP contribution in [0.3, 0.4) is 0 Å². The molecule has 250 valence electrons. The number of halogens is 2. The van der Waals surface area contributed by atoms with Gasteiger partial charge in [-0.1, -0.05) is 86.5 Å². The zero-order chi connectivity index (χ0) is 33.8. The summed E-state index contributed by atoms with van der Waals surface area (Å²) in [5, 5.41) is 16.2. The number of guanidine groups is 1. The van der Waals surface area contributed by atoms with Crippen molar-refractivity contribution in [2.24, 2.45) is 16.6 Å². The highest BCUT2D eigenvalue weighted by molar-refractivity contribution is 6.40. The number of pyridine rings is 1. The maximum Gasteiger partial charge on any atom is 0.328 e. The number of carboxylic acid groups (broad SMARTS) is 1. The SMILES string of the molecule is CCCCCN(C(N)=N[C@@H](Cc1ccc(NC(=O)c2c(Cl)cncc2Cl)cc1)C(=O)O)c1ccccc1C(=O)NCC1CCCCC1. The third-order valence-corrected chi connectivity index (χ3v) is 8.84. The van der Waals surface area contributed by atoms with Gasteiger partial charge in [0.25, 0.3) is 11.8 Å². The minimum Gasteiger partial charge on any atom is -0.480 e. The predicted octanol–water partition coefficient (Wildman–Crippen LogP) is 6.96. The molecule has 0 radical (unpaired) electrons. The number of aliphatic imine (C=N–C) groups is 1. The van der Waals surface area contributed by atoms with Crippen LogP contribution in [0.2, 0.25) is 10.0 Å². The molecule has 1 aromatic heterocycles. The molecule has 0 aliphatic heterocycles. The lowest BCUT2D eigenvalue weighted by molar-refractivity contribution is -0.138. The van der Waals surface area contributed by atoms with E-state index in [0.717, 1.165) is 32.1 Å². The maximum atomic E-state index is 13.4. The van der Waals surface area contributed by atoms with Crippen molar-refractivity contribution in [3.05, 3.63) is 87.7 Å². The van der Waals surface area contributed by atoms with E-state index < -0.39 is 17.9 Å². The second-order valence-electron chi connectivity index (χ2n) is 11.8. The largest absolute Gasteiger partial charge is 0.480 e. The third-order valence-electron chi connectivity index (χ3n) is 8.27. The Labute approximate surface area is 285 Å². The average molecular weight is 682 g/mol. The topological polar surface area (TPSA) is 150 Å². The Morgan fingerprint density at radius 2 is 1.68 bits per heavy atom. The van der Waals surface area contributed by atoms with Crippen LogP contribution in [0, 0.1) is 5.92 Å². The van der Waals surface area contributed by atoms with Gasteiger partial charge < -0.3 is 26.4 Å². The molecule has 1 atom stereocenters. The fraction of sp³-hybridized carbons (Fsp3) is 0.400. The van der Waals surface area contributed by atoms with E-state index >= 15 is 0 Å². The Kier molecular flexibility index (Phi) is 13.4. The summed E-state index contributed by atoms with van der Waals surface area (Å²) in [5.74, 6) is -1.32. The molecule has 1 aliphatic carbocycles. The number of benzene rings is 2. The van der Waals surface area contributed by atoms with Crippen LogP contribution < -0.4 is 21.3 Å². The van der Waals surface area contributed by atoms with Crippen molar-refractivity contribution in [2.45, 2.75) is 70.8 Å². The first-order valence-electron chi connectivity index (χ1n) is 16.1. The first-order chi connectivity index (χ1) is 22.7. The van der Waals surface area contributed by atoms with E-state index in [1.54, 1.807) is 35.2 Å². The molecule has 1 saturated carbocycles. The molecular formula is C35H42Cl2N6O4. The number of anilines is 2. The highest BCUT2D eigenvalue weighted by Crippen LogP contribution is 2.26. The summed E-state index contributed by atoms with van der Waals surface area (Å²) in [4.78, 5) is 48.6. The first kappa shape index (κ1) is 35.7. The van der Waals surface area contributed by atoms with Crippen LogP contribution >= 0.6 is 23.2 Å². The summed E-state index contributed by atoms with van der Waals surface area (Å²) < 4.78 is 0. The van der Waals surface area contributed by atoms with Crippen molar-refractivity contribution in [2.75, 3.05) is 23.3 Å². The van der Waals surface area contributed by atoms with Crippen molar-refractivity contribution in [1.82, 2.24) is 10.3 Å².